The molecule has 0 aromatic rings. The van der Waals surface area contributed by atoms with Crippen molar-refractivity contribution in [2.24, 2.45) is 5.41 Å². The predicted molar refractivity (Wildman–Crippen MR) is 65.0 cm³/mol. The molecule has 2 heteroatoms. The van der Waals surface area contributed by atoms with E-state index in [4.69, 9.17) is 4.74 Å². The van der Waals surface area contributed by atoms with E-state index in [0.29, 0.717) is 6.04 Å². The van der Waals surface area contributed by atoms with E-state index >= 15 is 0 Å². The zero-order valence-corrected chi connectivity index (χ0v) is 10.8. The van der Waals surface area contributed by atoms with Crippen LogP contribution in [0.25, 0.3) is 0 Å². The Morgan fingerprint density at radius 3 is 2.53 bits per heavy atom. The standard InChI is InChI=1S/C13H25NO/c1-6-7-8-9-14-11-10-13(4,15-5)12(11,2)3/h6-7,11,14H,8-10H2,1-5H3/b7-6+. The van der Waals surface area contributed by atoms with Crippen molar-refractivity contribution in [1.29, 1.82) is 0 Å². The molecule has 1 saturated carbocycles. The van der Waals surface area contributed by atoms with Crippen molar-refractivity contribution in [3.8, 4) is 0 Å². The minimum absolute atomic E-state index is 0.0469. The third kappa shape index (κ3) is 2.26. The fourth-order valence-electron chi connectivity index (χ4n) is 2.33. The summed E-state index contributed by atoms with van der Waals surface area (Å²) in [5.74, 6) is 0. The molecular weight excluding hydrogens is 186 g/mol. The molecule has 0 saturated heterocycles. The van der Waals surface area contributed by atoms with E-state index in [9.17, 15) is 0 Å². The van der Waals surface area contributed by atoms with E-state index in [1.807, 2.05) is 7.11 Å². The molecule has 1 aliphatic rings. The zero-order chi connectivity index (χ0) is 11.5. The van der Waals surface area contributed by atoms with E-state index < -0.39 is 0 Å². The van der Waals surface area contributed by atoms with Crippen molar-refractivity contribution in [1.82, 2.24) is 5.32 Å². The van der Waals surface area contributed by atoms with Crippen LogP contribution >= 0.6 is 0 Å². The van der Waals surface area contributed by atoms with Crippen LogP contribution < -0.4 is 5.32 Å². The van der Waals surface area contributed by atoms with Crippen molar-refractivity contribution in [2.45, 2.75) is 52.2 Å². The Balaban J connectivity index is 2.35. The molecule has 2 unspecified atom stereocenters. The van der Waals surface area contributed by atoms with E-state index in [1.165, 1.54) is 0 Å². The van der Waals surface area contributed by atoms with E-state index in [0.717, 1.165) is 19.4 Å². The van der Waals surface area contributed by atoms with Crippen molar-refractivity contribution in [3.05, 3.63) is 12.2 Å². The first-order chi connectivity index (χ1) is 6.98. The van der Waals surface area contributed by atoms with Crippen LogP contribution in [0.3, 0.4) is 0 Å². The van der Waals surface area contributed by atoms with Gasteiger partial charge in [0.1, 0.15) is 0 Å². The normalized spacial score (nSPS) is 34.3. The van der Waals surface area contributed by atoms with Gasteiger partial charge in [0.05, 0.1) is 5.60 Å². The van der Waals surface area contributed by atoms with Gasteiger partial charge in [-0.2, -0.15) is 0 Å². The van der Waals surface area contributed by atoms with Crippen LogP contribution in [0.5, 0.6) is 0 Å². The lowest BCUT2D eigenvalue weighted by atomic mass is 9.56. The van der Waals surface area contributed by atoms with Crippen LogP contribution in [-0.4, -0.2) is 25.3 Å². The molecule has 88 valence electrons. The Hall–Kier alpha value is -0.340. The molecule has 1 N–H and O–H groups in total. The number of nitrogens with one attached hydrogen (secondary N) is 1. The summed E-state index contributed by atoms with van der Waals surface area (Å²) in [5, 5.41) is 3.60. The van der Waals surface area contributed by atoms with Gasteiger partial charge in [-0.25, -0.2) is 0 Å². The Morgan fingerprint density at radius 1 is 1.40 bits per heavy atom. The van der Waals surface area contributed by atoms with Gasteiger partial charge < -0.3 is 10.1 Å². The average Bonchev–Trinajstić information content (AvgIpc) is 2.22. The summed E-state index contributed by atoms with van der Waals surface area (Å²) in [4.78, 5) is 0. The zero-order valence-electron chi connectivity index (χ0n) is 10.8. The molecule has 0 aliphatic heterocycles. The van der Waals surface area contributed by atoms with Gasteiger partial charge in [-0.3, -0.25) is 0 Å². The second-order valence-electron chi connectivity index (χ2n) is 5.23. The first-order valence-corrected chi connectivity index (χ1v) is 5.87. The summed E-state index contributed by atoms with van der Waals surface area (Å²) in [6.45, 7) is 9.91. The monoisotopic (exact) mass is 211 g/mol. The van der Waals surface area contributed by atoms with Crippen LogP contribution in [0.2, 0.25) is 0 Å². The molecule has 0 aromatic carbocycles. The van der Waals surface area contributed by atoms with Gasteiger partial charge in [0.15, 0.2) is 0 Å². The van der Waals surface area contributed by atoms with Crippen LogP contribution in [0.4, 0.5) is 0 Å². The Labute approximate surface area is 94.1 Å². The molecule has 0 aromatic heterocycles. The minimum Gasteiger partial charge on any atom is -0.378 e. The molecule has 0 amide bonds. The molecule has 2 nitrogen and oxygen atoms in total. The maximum Gasteiger partial charge on any atom is 0.0731 e. The third-order valence-corrected chi connectivity index (χ3v) is 4.22. The number of methoxy groups -OCH3 is 1. The first kappa shape index (κ1) is 12.7. The predicted octanol–water partition coefficient (Wildman–Crippen LogP) is 2.75. The molecule has 0 bridgehead atoms. The van der Waals surface area contributed by atoms with Gasteiger partial charge in [-0.05, 0) is 33.2 Å². The summed E-state index contributed by atoms with van der Waals surface area (Å²) in [6.07, 6.45) is 6.54. The lowest BCUT2D eigenvalue weighted by Crippen LogP contribution is -2.67. The lowest BCUT2D eigenvalue weighted by Gasteiger charge is -2.59. The second kappa shape index (κ2) is 4.67. The van der Waals surface area contributed by atoms with Crippen LogP contribution in [0, 0.1) is 5.41 Å². The highest BCUT2D eigenvalue weighted by Gasteiger charge is 2.57. The Morgan fingerprint density at radius 2 is 2.07 bits per heavy atom. The molecular formula is C13H25NO. The summed E-state index contributed by atoms with van der Waals surface area (Å²) in [6, 6.07) is 0.590. The second-order valence-corrected chi connectivity index (χ2v) is 5.23. The maximum absolute atomic E-state index is 5.59. The Kier molecular flexibility index (Phi) is 3.96. The Bertz CT molecular complexity index is 235. The largest absolute Gasteiger partial charge is 0.378 e. The third-order valence-electron chi connectivity index (χ3n) is 4.22. The first-order valence-electron chi connectivity index (χ1n) is 5.87. The molecule has 1 rings (SSSR count). The van der Waals surface area contributed by atoms with Crippen LogP contribution in [-0.2, 0) is 4.74 Å². The smallest absolute Gasteiger partial charge is 0.0731 e. The number of rotatable bonds is 5. The molecule has 2 atom stereocenters. The van der Waals surface area contributed by atoms with Crippen molar-refractivity contribution in [3.63, 3.8) is 0 Å². The van der Waals surface area contributed by atoms with Gasteiger partial charge in [0.25, 0.3) is 0 Å². The van der Waals surface area contributed by atoms with Crippen molar-refractivity contribution in [2.75, 3.05) is 13.7 Å². The molecule has 1 aliphatic carbocycles. The van der Waals surface area contributed by atoms with Crippen molar-refractivity contribution >= 4 is 0 Å². The average molecular weight is 211 g/mol. The highest BCUT2D eigenvalue weighted by atomic mass is 16.5. The van der Waals surface area contributed by atoms with E-state index in [1.54, 1.807) is 0 Å². The topological polar surface area (TPSA) is 21.3 Å². The number of ether oxygens (including phenoxy) is 1. The molecule has 0 spiro atoms. The molecule has 0 radical (unpaired) electrons. The quantitative estimate of drug-likeness (QED) is 0.557. The van der Waals surface area contributed by atoms with Gasteiger partial charge >= 0.3 is 0 Å². The maximum atomic E-state index is 5.59. The van der Waals surface area contributed by atoms with Crippen LogP contribution in [0.1, 0.15) is 40.5 Å². The highest BCUT2D eigenvalue weighted by Crippen LogP contribution is 2.51. The van der Waals surface area contributed by atoms with Gasteiger partial charge in [-0.15, -0.1) is 0 Å². The number of hydrogen-bond acceptors (Lipinski definition) is 2. The van der Waals surface area contributed by atoms with Gasteiger partial charge in [0.2, 0.25) is 0 Å². The van der Waals surface area contributed by atoms with Gasteiger partial charge in [0, 0.05) is 18.6 Å². The minimum atomic E-state index is 0.0469. The number of hydrogen-bond donors (Lipinski definition) is 1. The number of allylic oxidation sites excluding steroid dienone is 1. The van der Waals surface area contributed by atoms with Gasteiger partial charge in [-0.1, -0.05) is 26.0 Å². The fourth-order valence-corrected chi connectivity index (χ4v) is 2.33. The van der Waals surface area contributed by atoms with E-state index in [2.05, 4.69) is 45.2 Å². The fraction of sp³-hybridized carbons (Fsp3) is 0.846. The summed E-state index contributed by atoms with van der Waals surface area (Å²) in [7, 11) is 1.82. The lowest BCUT2D eigenvalue weighted by molar-refractivity contribution is -0.180. The molecule has 1 fully saturated rings. The highest BCUT2D eigenvalue weighted by molar-refractivity contribution is 5.11. The summed E-state index contributed by atoms with van der Waals surface area (Å²) >= 11 is 0. The summed E-state index contributed by atoms with van der Waals surface area (Å²) in [5.41, 5.74) is 0.281. The molecule has 15 heavy (non-hydrogen) atoms. The van der Waals surface area contributed by atoms with Crippen molar-refractivity contribution < 1.29 is 4.74 Å². The SMILES string of the molecule is C/C=C/CCNC1CC(C)(OC)C1(C)C. The summed E-state index contributed by atoms with van der Waals surface area (Å²) < 4.78 is 5.59. The molecule has 0 heterocycles. The van der Waals surface area contributed by atoms with Crippen LogP contribution in [0.15, 0.2) is 12.2 Å². The van der Waals surface area contributed by atoms with E-state index in [-0.39, 0.29) is 11.0 Å².